The molecule has 6 heteroatoms. The number of rotatable bonds is 5. The highest BCUT2D eigenvalue weighted by molar-refractivity contribution is 5.89. The van der Waals surface area contributed by atoms with Gasteiger partial charge in [0.05, 0.1) is 19.8 Å². The summed E-state index contributed by atoms with van der Waals surface area (Å²) >= 11 is 0. The SMILES string of the molecule is CCOC(=O)C1(COC(=O)C2=CC=CCC2)CCC2(CC1)OCCO2. The van der Waals surface area contributed by atoms with Crippen LogP contribution in [0.5, 0.6) is 0 Å². The van der Waals surface area contributed by atoms with E-state index in [4.69, 9.17) is 18.9 Å². The second kappa shape index (κ2) is 7.70. The molecular formula is C19H26O6. The van der Waals surface area contributed by atoms with Gasteiger partial charge in [0.15, 0.2) is 5.79 Å². The molecule has 1 saturated heterocycles. The Morgan fingerprint density at radius 2 is 1.84 bits per heavy atom. The topological polar surface area (TPSA) is 71.1 Å². The number of allylic oxidation sites excluding steroid dienone is 3. The van der Waals surface area contributed by atoms with Crippen LogP contribution in [0.15, 0.2) is 23.8 Å². The minimum Gasteiger partial charge on any atom is -0.465 e. The van der Waals surface area contributed by atoms with Crippen LogP contribution in [0.2, 0.25) is 0 Å². The molecule has 0 aromatic carbocycles. The van der Waals surface area contributed by atoms with Crippen LogP contribution >= 0.6 is 0 Å². The minimum absolute atomic E-state index is 0.0435. The van der Waals surface area contributed by atoms with Gasteiger partial charge in [-0.05, 0) is 32.6 Å². The fraction of sp³-hybridized carbons (Fsp3) is 0.684. The summed E-state index contributed by atoms with van der Waals surface area (Å²) in [4.78, 5) is 24.9. The van der Waals surface area contributed by atoms with Crippen molar-refractivity contribution in [3.8, 4) is 0 Å². The lowest BCUT2D eigenvalue weighted by Gasteiger charge is -2.41. The molecule has 2 aliphatic carbocycles. The largest absolute Gasteiger partial charge is 0.465 e. The molecule has 1 heterocycles. The molecule has 0 aromatic rings. The van der Waals surface area contributed by atoms with Crippen molar-refractivity contribution in [1.82, 2.24) is 0 Å². The Kier molecular flexibility index (Phi) is 5.59. The molecule has 0 unspecified atom stereocenters. The van der Waals surface area contributed by atoms with E-state index >= 15 is 0 Å². The third kappa shape index (κ3) is 3.96. The maximum atomic E-state index is 12.6. The average molecular weight is 350 g/mol. The van der Waals surface area contributed by atoms with Crippen LogP contribution in [0.4, 0.5) is 0 Å². The first-order chi connectivity index (χ1) is 12.1. The highest BCUT2D eigenvalue weighted by atomic mass is 16.7. The summed E-state index contributed by atoms with van der Waals surface area (Å²) in [5.41, 5.74) is -0.159. The minimum atomic E-state index is -0.808. The number of hydrogen-bond acceptors (Lipinski definition) is 6. The molecule has 25 heavy (non-hydrogen) atoms. The average Bonchev–Trinajstić information content (AvgIpc) is 3.11. The van der Waals surface area contributed by atoms with Crippen molar-refractivity contribution in [3.63, 3.8) is 0 Å². The van der Waals surface area contributed by atoms with Crippen LogP contribution in [-0.4, -0.2) is 44.2 Å². The van der Waals surface area contributed by atoms with E-state index in [0.717, 1.165) is 6.42 Å². The second-order valence-corrected chi connectivity index (χ2v) is 6.84. The van der Waals surface area contributed by atoms with Gasteiger partial charge in [-0.2, -0.15) is 0 Å². The van der Waals surface area contributed by atoms with Gasteiger partial charge in [0.1, 0.15) is 12.0 Å². The quantitative estimate of drug-likeness (QED) is 0.710. The van der Waals surface area contributed by atoms with Crippen LogP contribution in [0.1, 0.15) is 45.4 Å². The fourth-order valence-corrected chi connectivity index (χ4v) is 3.66. The molecule has 6 nitrogen and oxygen atoms in total. The third-order valence-corrected chi connectivity index (χ3v) is 5.25. The lowest BCUT2D eigenvalue weighted by Crippen LogP contribution is -2.47. The van der Waals surface area contributed by atoms with Gasteiger partial charge in [0.25, 0.3) is 0 Å². The van der Waals surface area contributed by atoms with E-state index < -0.39 is 11.2 Å². The maximum Gasteiger partial charge on any atom is 0.334 e. The van der Waals surface area contributed by atoms with Gasteiger partial charge in [-0.1, -0.05) is 18.2 Å². The molecular weight excluding hydrogens is 324 g/mol. The molecule has 0 N–H and O–H groups in total. The van der Waals surface area contributed by atoms with Crippen LogP contribution in [0, 0.1) is 5.41 Å². The zero-order chi connectivity index (χ0) is 17.8. The first-order valence-corrected chi connectivity index (χ1v) is 9.07. The van der Waals surface area contributed by atoms with E-state index in [9.17, 15) is 9.59 Å². The van der Waals surface area contributed by atoms with Gasteiger partial charge < -0.3 is 18.9 Å². The Bertz CT molecular complexity index is 560. The predicted molar refractivity (Wildman–Crippen MR) is 89.6 cm³/mol. The summed E-state index contributed by atoms with van der Waals surface area (Å²) in [5.74, 6) is -1.22. The Morgan fingerprint density at radius 3 is 2.44 bits per heavy atom. The molecule has 0 atom stereocenters. The summed E-state index contributed by atoms with van der Waals surface area (Å²) in [5, 5.41) is 0. The second-order valence-electron chi connectivity index (χ2n) is 6.84. The normalized spacial score (nSPS) is 24.0. The zero-order valence-electron chi connectivity index (χ0n) is 14.8. The number of esters is 2. The number of hydrogen-bond donors (Lipinski definition) is 0. The maximum absolute atomic E-state index is 12.6. The van der Waals surface area contributed by atoms with Gasteiger partial charge in [-0.25, -0.2) is 4.79 Å². The molecule has 138 valence electrons. The fourth-order valence-electron chi connectivity index (χ4n) is 3.66. The van der Waals surface area contributed by atoms with Crippen molar-refractivity contribution in [1.29, 1.82) is 0 Å². The van der Waals surface area contributed by atoms with Crippen molar-refractivity contribution in [3.05, 3.63) is 23.8 Å². The first kappa shape index (κ1) is 18.1. The molecule has 0 radical (unpaired) electrons. The van der Waals surface area contributed by atoms with E-state index in [1.165, 1.54) is 0 Å². The molecule has 1 saturated carbocycles. The van der Waals surface area contributed by atoms with Crippen molar-refractivity contribution < 1.29 is 28.5 Å². The third-order valence-electron chi connectivity index (χ3n) is 5.25. The molecule has 1 spiro atoms. The molecule has 3 aliphatic rings. The van der Waals surface area contributed by atoms with Crippen LogP contribution in [0.25, 0.3) is 0 Å². The summed E-state index contributed by atoms with van der Waals surface area (Å²) < 4.78 is 22.3. The smallest absolute Gasteiger partial charge is 0.334 e. The van der Waals surface area contributed by atoms with Crippen molar-refractivity contribution in [2.45, 2.75) is 51.2 Å². The Labute approximate surface area is 148 Å². The van der Waals surface area contributed by atoms with Crippen LogP contribution < -0.4 is 0 Å². The Balaban J connectivity index is 1.65. The van der Waals surface area contributed by atoms with Crippen LogP contribution in [-0.2, 0) is 28.5 Å². The number of carbonyl (C=O) groups is 2. The first-order valence-electron chi connectivity index (χ1n) is 9.07. The van der Waals surface area contributed by atoms with Crippen molar-refractivity contribution >= 4 is 11.9 Å². The predicted octanol–water partition coefficient (Wildman–Crippen LogP) is 2.67. The lowest BCUT2D eigenvalue weighted by molar-refractivity contribution is -0.204. The molecule has 2 fully saturated rings. The summed E-state index contributed by atoms with van der Waals surface area (Å²) in [6.07, 6.45) is 9.42. The molecule has 3 rings (SSSR count). The van der Waals surface area contributed by atoms with E-state index in [2.05, 4.69) is 0 Å². The lowest BCUT2D eigenvalue weighted by atomic mass is 9.72. The van der Waals surface area contributed by atoms with Crippen LogP contribution in [0.3, 0.4) is 0 Å². The van der Waals surface area contributed by atoms with Gasteiger partial charge in [0, 0.05) is 18.4 Å². The van der Waals surface area contributed by atoms with Crippen molar-refractivity contribution in [2.75, 3.05) is 26.4 Å². The van der Waals surface area contributed by atoms with E-state index in [1.807, 2.05) is 12.2 Å². The molecule has 0 amide bonds. The van der Waals surface area contributed by atoms with Gasteiger partial charge in [-0.15, -0.1) is 0 Å². The van der Waals surface area contributed by atoms with E-state index in [-0.39, 0.29) is 18.5 Å². The Morgan fingerprint density at radius 1 is 1.12 bits per heavy atom. The summed E-state index contributed by atoms with van der Waals surface area (Å²) in [7, 11) is 0. The highest BCUT2D eigenvalue weighted by Gasteiger charge is 2.51. The molecule has 0 aromatic heterocycles. The monoisotopic (exact) mass is 350 g/mol. The van der Waals surface area contributed by atoms with Gasteiger partial charge in [-0.3, -0.25) is 4.79 Å². The van der Waals surface area contributed by atoms with E-state index in [1.54, 1.807) is 13.0 Å². The number of carbonyl (C=O) groups excluding carboxylic acids is 2. The zero-order valence-corrected chi connectivity index (χ0v) is 14.8. The van der Waals surface area contributed by atoms with Crippen molar-refractivity contribution in [2.24, 2.45) is 5.41 Å². The molecule has 1 aliphatic heterocycles. The number of ether oxygens (including phenoxy) is 4. The summed E-state index contributed by atoms with van der Waals surface area (Å²) in [6, 6.07) is 0. The Hall–Kier alpha value is -1.66. The summed E-state index contributed by atoms with van der Waals surface area (Å²) in [6.45, 7) is 3.31. The van der Waals surface area contributed by atoms with Gasteiger partial charge >= 0.3 is 11.9 Å². The molecule has 0 bridgehead atoms. The standard InChI is InChI=1S/C19H26O6/c1-2-22-17(21)18(8-10-19(11-9-18)24-12-13-25-19)14-23-16(20)15-6-4-3-5-7-15/h3-4,6H,2,5,7-14H2,1H3. The van der Waals surface area contributed by atoms with Gasteiger partial charge in [0.2, 0.25) is 0 Å². The van der Waals surface area contributed by atoms with E-state index in [0.29, 0.717) is 57.5 Å². The highest BCUT2D eigenvalue weighted by Crippen LogP contribution is 2.45.